The molecule has 1 fully saturated rings. The highest BCUT2D eigenvalue weighted by molar-refractivity contribution is 5.77. The van der Waals surface area contributed by atoms with E-state index in [0.717, 1.165) is 25.1 Å². The molecule has 2 heterocycles. The van der Waals surface area contributed by atoms with E-state index in [9.17, 15) is 9.90 Å². The van der Waals surface area contributed by atoms with Crippen LogP contribution < -0.4 is 0 Å². The van der Waals surface area contributed by atoms with Gasteiger partial charge in [-0.2, -0.15) is 0 Å². The molecule has 2 rings (SSSR count). The zero-order valence-electron chi connectivity index (χ0n) is 13.9. The number of rotatable bonds is 9. The molecule has 1 saturated heterocycles. The molecule has 1 N–H and O–H groups in total. The van der Waals surface area contributed by atoms with Gasteiger partial charge in [0.1, 0.15) is 12.4 Å². The first kappa shape index (κ1) is 18.0. The molecule has 0 spiro atoms. The predicted molar refractivity (Wildman–Crippen MR) is 86.9 cm³/mol. The SMILES string of the molecule is CCCCOCC(=O)N1CCN(Cc2ccco2)[C@H](CCO)C1. The number of carbonyl (C=O) groups excluding carboxylic acids is 1. The second-order valence-corrected chi connectivity index (χ2v) is 5.96. The third-order valence-electron chi connectivity index (χ3n) is 4.23. The van der Waals surface area contributed by atoms with Crippen molar-refractivity contribution in [1.29, 1.82) is 0 Å². The summed E-state index contributed by atoms with van der Waals surface area (Å²) < 4.78 is 10.8. The average molecular weight is 324 g/mol. The molecule has 1 aliphatic heterocycles. The summed E-state index contributed by atoms with van der Waals surface area (Å²) in [4.78, 5) is 16.4. The molecule has 23 heavy (non-hydrogen) atoms. The van der Waals surface area contributed by atoms with Crippen LogP contribution in [0.3, 0.4) is 0 Å². The highest BCUT2D eigenvalue weighted by Crippen LogP contribution is 2.17. The van der Waals surface area contributed by atoms with Crippen LogP contribution in [0.4, 0.5) is 0 Å². The van der Waals surface area contributed by atoms with Crippen molar-refractivity contribution in [3.8, 4) is 0 Å². The molecular weight excluding hydrogens is 296 g/mol. The first-order valence-corrected chi connectivity index (χ1v) is 8.47. The number of furan rings is 1. The molecule has 1 amide bonds. The molecule has 0 unspecified atom stereocenters. The Morgan fingerprint density at radius 3 is 3.04 bits per heavy atom. The lowest BCUT2D eigenvalue weighted by Gasteiger charge is -2.41. The van der Waals surface area contributed by atoms with Gasteiger partial charge in [-0.05, 0) is 25.0 Å². The number of carbonyl (C=O) groups is 1. The van der Waals surface area contributed by atoms with Crippen molar-refractivity contribution in [2.75, 3.05) is 39.5 Å². The monoisotopic (exact) mass is 324 g/mol. The number of hydrogen-bond donors (Lipinski definition) is 1. The summed E-state index contributed by atoms with van der Waals surface area (Å²) in [5.74, 6) is 0.956. The van der Waals surface area contributed by atoms with Gasteiger partial charge in [0.2, 0.25) is 5.91 Å². The number of aliphatic hydroxyl groups excluding tert-OH is 1. The Hall–Kier alpha value is -1.37. The number of hydrogen-bond acceptors (Lipinski definition) is 5. The fraction of sp³-hybridized carbons (Fsp3) is 0.706. The van der Waals surface area contributed by atoms with Gasteiger partial charge in [-0.1, -0.05) is 13.3 Å². The third-order valence-corrected chi connectivity index (χ3v) is 4.23. The van der Waals surface area contributed by atoms with Crippen molar-refractivity contribution >= 4 is 5.91 Å². The summed E-state index contributed by atoms with van der Waals surface area (Å²) in [6.07, 6.45) is 4.38. The van der Waals surface area contributed by atoms with Crippen LogP contribution in [0.25, 0.3) is 0 Å². The number of piperazine rings is 1. The largest absolute Gasteiger partial charge is 0.468 e. The lowest BCUT2D eigenvalue weighted by molar-refractivity contribution is -0.139. The standard InChI is InChI=1S/C17H28N2O4/c1-2-3-10-22-14-17(21)19-8-7-18(15(12-19)6-9-20)13-16-5-4-11-23-16/h4-5,11,15,20H,2-3,6-10,12-14H2,1H3/t15-/m1/s1. The maximum atomic E-state index is 12.2. The normalized spacial score (nSPS) is 19.2. The summed E-state index contributed by atoms with van der Waals surface area (Å²) in [6.45, 7) is 5.84. The van der Waals surface area contributed by atoms with Crippen molar-refractivity contribution in [2.45, 2.75) is 38.8 Å². The van der Waals surface area contributed by atoms with Crippen molar-refractivity contribution in [3.63, 3.8) is 0 Å². The van der Waals surface area contributed by atoms with Crippen LogP contribution in [0.15, 0.2) is 22.8 Å². The molecular formula is C17H28N2O4. The molecule has 1 atom stereocenters. The Morgan fingerprint density at radius 1 is 1.48 bits per heavy atom. The summed E-state index contributed by atoms with van der Waals surface area (Å²) in [5, 5.41) is 9.31. The predicted octanol–water partition coefficient (Wildman–Crippen LogP) is 1.49. The molecule has 0 saturated carbocycles. The fourth-order valence-corrected chi connectivity index (χ4v) is 2.85. The summed E-state index contributed by atoms with van der Waals surface area (Å²) >= 11 is 0. The Bertz CT molecular complexity index is 449. The quantitative estimate of drug-likeness (QED) is 0.697. The molecule has 0 aromatic carbocycles. The van der Waals surface area contributed by atoms with Crippen molar-refractivity contribution in [2.24, 2.45) is 0 Å². The molecule has 130 valence electrons. The van der Waals surface area contributed by atoms with E-state index in [1.807, 2.05) is 17.0 Å². The van der Waals surface area contributed by atoms with Crippen LogP contribution in [0, 0.1) is 0 Å². The van der Waals surface area contributed by atoms with E-state index in [1.54, 1.807) is 6.26 Å². The Balaban J connectivity index is 1.83. The lowest BCUT2D eigenvalue weighted by Crippen LogP contribution is -2.55. The number of ether oxygens (including phenoxy) is 1. The van der Waals surface area contributed by atoms with E-state index in [-0.39, 0.29) is 25.2 Å². The number of amides is 1. The molecule has 0 bridgehead atoms. The van der Waals surface area contributed by atoms with Gasteiger partial charge in [-0.15, -0.1) is 0 Å². The highest BCUT2D eigenvalue weighted by Gasteiger charge is 2.29. The Kier molecular flexibility index (Phi) is 7.58. The van der Waals surface area contributed by atoms with Crippen LogP contribution in [0.2, 0.25) is 0 Å². The molecule has 0 radical (unpaired) electrons. The molecule has 1 aromatic rings. The van der Waals surface area contributed by atoms with Gasteiger partial charge in [-0.3, -0.25) is 9.69 Å². The van der Waals surface area contributed by atoms with E-state index >= 15 is 0 Å². The van der Waals surface area contributed by atoms with Gasteiger partial charge in [-0.25, -0.2) is 0 Å². The fourth-order valence-electron chi connectivity index (χ4n) is 2.85. The number of nitrogens with zero attached hydrogens (tertiary/aromatic N) is 2. The molecule has 6 nitrogen and oxygen atoms in total. The van der Waals surface area contributed by atoms with Crippen LogP contribution >= 0.6 is 0 Å². The van der Waals surface area contributed by atoms with Gasteiger partial charge >= 0.3 is 0 Å². The van der Waals surface area contributed by atoms with Gasteiger partial charge in [0.05, 0.1) is 12.8 Å². The molecule has 0 aliphatic carbocycles. The lowest BCUT2D eigenvalue weighted by atomic mass is 10.1. The van der Waals surface area contributed by atoms with Crippen LogP contribution in [-0.4, -0.2) is 66.3 Å². The van der Waals surface area contributed by atoms with E-state index in [1.165, 1.54) is 0 Å². The van der Waals surface area contributed by atoms with E-state index in [2.05, 4.69) is 11.8 Å². The number of unbranched alkanes of at least 4 members (excludes halogenated alkanes) is 1. The van der Waals surface area contributed by atoms with E-state index < -0.39 is 0 Å². The molecule has 1 aromatic heterocycles. The minimum Gasteiger partial charge on any atom is -0.468 e. The maximum absolute atomic E-state index is 12.2. The van der Waals surface area contributed by atoms with Crippen molar-refractivity contribution in [3.05, 3.63) is 24.2 Å². The first-order valence-electron chi connectivity index (χ1n) is 8.47. The Morgan fingerprint density at radius 2 is 2.35 bits per heavy atom. The van der Waals surface area contributed by atoms with Crippen LogP contribution in [0.5, 0.6) is 0 Å². The number of aliphatic hydroxyl groups is 1. The van der Waals surface area contributed by atoms with E-state index in [0.29, 0.717) is 32.7 Å². The summed E-state index contributed by atoms with van der Waals surface area (Å²) in [7, 11) is 0. The second kappa shape index (κ2) is 9.70. The third kappa shape index (κ3) is 5.64. The summed E-state index contributed by atoms with van der Waals surface area (Å²) in [5.41, 5.74) is 0. The van der Waals surface area contributed by atoms with Crippen LogP contribution in [-0.2, 0) is 16.1 Å². The van der Waals surface area contributed by atoms with Gasteiger partial charge in [0.25, 0.3) is 0 Å². The zero-order chi connectivity index (χ0) is 16.5. The van der Waals surface area contributed by atoms with Gasteiger partial charge < -0.3 is 19.2 Å². The first-order chi connectivity index (χ1) is 11.2. The minimum atomic E-state index is 0.0432. The summed E-state index contributed by atoms with van der Waals surface area (Å²) in [6, 6.07) is 3.98. The van der Waals surface area contributed by atoms with Crippen LogP contribution in [0.1, 0.15) is 31.9 Å². The Labute approximate surface area is 138 Å². The van der Waals surface area contributed by atoms with Crippen molar-refractivity contribution in [1.82, 2.24) is 9.80 Å². The second-order valence-electron chi connectivity index (χ2n) is 5.96. The maximum Gasteiger partial charge on any atom is 0.248 e. The zero-order valence-corrected chi connectivity index (χ0v) is 13.9. The smallest absolute Gasteiger partial charge is 0.248 e. The van der Waals surface area contributed by atoms with Gasteiger partial charge in [0.15, 0.2) is 0 Å². The highest BCUT2D eigenvalue weighted by atomic mass is 16.5. The van der Waals surface area contributed by atoms with E-state index in [4.69, 9.17) is 9.15 Å². The average Bonchev–Trinajstić information content (AvgIpc) is 3.06. The minimum absolute atomic E-state index is 0.0432. The van der Waals surface area contributed by atoms with Crippen molar-refractivity contribution < 1.29 is 19.1 Å². The van der Waals surface area contributed by atoms with Gasteiger partial charge in [0, 0.05) is 38.9 Å². The molecule has 1 aliphatic rings. The molecule has 6 heteroatoms. The topological polar surface area (TPSA) is 66.2 Å².